The number of thioether (sulfide) groups is 1. The van der Waals surface area contributed by atoms with Crippen LogP contribution in [0.4, 0.5) is 4.39 Å². The SMILES string of the molecule is CC(C)(C)[C@H](C(=O)O)c1ccccc1.CC(C)(C)c1ccccc1F.CCOC(=O)c1ccc(C(C)(C)C)cc1.CCOc1ccc(C(C)(C)C)cc1.COCCC(C)(C)C.COc1ccc(CC(C)(C)C)cc1.CSCC[C@H](C(=O)O)C(C)(C)C. The van der Waals surface area contributed by atoms with Crippen molar-refractivity contribution in [1.82, 2.24) is 0 Å². The Hall–Kier alpha value is -5.65. The number of ether oxygens (including phenoxy) is 4. The molecule has 5 aromatic carbocycles. The van der Waals surface area contributed by atoms with Crippen LogP contribution in [0.3, 0.4) is 0 Å². The number of aliphatic carboxylic acids is 2. The molecule has 0 aliphatic rings. The molecule has 484 valence electrons. The van der Waals surface area contributed by atoms with Crippen LogP contribution in [0, 0.1) is 33.4 Å². The highest BCUT2D eigenvalue weighted by Crippen LogP contribution is 2.35. The number of methoxy groups -OCH3 is 2. The van der Waals surface area contributed by atoms with Gasteiger partial charge in [-0.05, 0) is 153 Å². The Morgan fingerprint density at radius 1 is 0.535 bits per heavy atom. The summed E-state index contributed by atoms with van der Waals surface area (Å²) in [6.45, 7) is 50.1. The van der Waals surface area contributed by atoms with E-state index in [1.807, 2.05) is 166 Å². The first-order chi connectivity index (χ1) is 39.4. The van der Waals surface area contributed by atoms with Crippen LogP contribution in [0.5, 0.6) is 11.5 Å². The lowest BCUT2D eigenvalue weighted by atomic mass is 9.76. The third-order valence-electron chi connectivity index (χ3n) is 13.1. The molecule has 0 radical (unpaired) electrons. The molecular weight excluding hydrogens is 1100 g/mol. The Labute approximate surface area is 527 Å². The van der Waals surface area contributed by atoms with E-state index in [1.54, 1.807) is 39.0 Å². The van der Waals surface area contributed by atoms with E-state index in [2.05, 4.69) is 107 Å². The highest BCUT2D eigenvalue weighted by atomic mass is 32.2. The van der Waals surface area contributed by atoms with Gasteiger partial charge in [0.25, 0.3) is 0 Å². The summed E-state index contributed by atoms with van der Waals surface area (Å²) in [5, 5.41) is 18.1. The molecule has 0 heterocycles. The summed E-state index contributed by atoms with van der Waals surface area (Å²) in [6.07, 6.45) is 5.02. The first-order valence-corrected chi connectivity index (χ1v) is 31.7. The zero-order valence-electron chi connectivity index (χ0n) is 58.3. The van der Waals surface area contributed by atoms with Crippen molar-refractivity contribution in [1.29, 1.82) is 0 Å². The Bertz CT molecular complexity index is 2600. The Balaban J connectivity index is 0. The topological polar surface area (TPSA) is 129 Å². The first kappa shape index (κ1) is 82.4. The van der Waals surface area contributed by atoms with Crippen molar-refractivity contribution in [2.24, 2.45) is 27.6 Å². The normalized spacial score (nSPS) is 12.2. The van der Waals surface area contributed by atoms with E-state index < -0.39 is 17.9 Å². The third kappa shape index (κ3) is 37.8. The third-order valence-corrected chi connectivity index (χ3v) is 13.8. The molecule has 0 aromatic heterocycles. The number of hydrogen-bond donors (Lipinski definition) is 2. The van der Waals surface area contributed by atoms with E-state index in [9.17, 15) is 18.8 Å². The summed E-state index contributed by atoms with van der Waals surface area (Å²) in [7, 11) is 3.44. The van der Waals surface area contributed by atoms with Crippen molar-refractivity contribution in [3.05, 3.63) is 167 Å². The zero-order chi connectivity index (χ0) is 66.9. The lowest BCUT2D eigenvalue weighted by molar-refractivity contribution is -0.145. The van der Waals surface area contributed by atoms with Gasteiger partial charge in [-0.15, -0.1) is 0 Å². The molecular formula is C75H117FO9S. The molecule has 86 heavy (non-hydrogen) atoms. The van der Waals surface area contributed by atoms with Gasteiger partial charge in [-0.25, -0.2) is 9.18 Å². The summed E-state index contributed by atoms with van der Waals surface area (Å²) in [5.74, 6) is 0.355. The van der Waals surface area contributed by atoms with Gasteiger partial charge in [0.2, 0.25) is 0 Å². The second-order valence-corrected chi connectivity index (χ2v) is 29.9. The fourth-order valence-corrected chi connectivity index (χ4v) is 8.66. The molecule has 0 saturated carbocycles. The number of carbonyl (C=O) groups is 3. The molecule has 0 fully saturated rings. The van der Waals surface area contributed by atoms with Gasteiger partial charge in [0.1, 0.15) is 17.3 Å². The molecule has 0 aliphatic carbocycles. The second-order valence-electron chi connectivity index (χ2n) is 29.0. The van der Waals surface area contributed by atoms with Crippen molar-refractivity contribution in [3.63, 3.8) is 0 Å². The van der Waals surface area contributed by atoms with E-state index in [0.29, 0.717) is 23.0 Å². The smallest absolute Gasteiger partial charge is 0.338 e. The van der Waals surface area contributed by atoms with Crippen LogP contribution >= 0.6 is 11.8 Å². The van der Waals surface area contributed by atoms with E-state index in [1.165, 1.54) is 22.8 Å². The predicted octanol–water partition coefficient (Wildman–Crippen LogP) is 20.4. The fraction of sp³-hybridized carbons (Fsp3) is 0.560. The van der Waals surface area contributed by atoms with Gasteiger partial charge < -0.3 is 29.2 Å². The number of halogens is 1. The van der Waals surface area contributed by atoms with Gasteiger partial charge in [-0.3, -0.25) is 9.59 Å². The second kappa shape index (κ2) is 39.3. The maximum absolute atomic E-state index is 13.1. The van der Waals surface area contributed by atoms with Crippen molar-refractivity contribution >= 4 is 29.7 Å². The fourth-order valence-electron chi connectivity index (χ4n) is 8.19. The number of benzene rings is 5. The van der Waals surface area contributed by atoms with E-state index in [-0.39, 0.29) is 44.8 Å². The van der Waals surface area contributed by atoms with Gasteiger partial charge in [0.05, 0.1) is 37.7 Å². The highest BCUT2D eigenvalue weighted by Gasteiger charge is 2.33. The van der Waals surface area contributed by atoms with Crippen LogP contribution in [-0.2, 0) is 41.7 Å². The molecule has 0 amide bonds. The Morgan fingerprint density at radius 2 is 1.00 bits per heavy atom. The number of carboxylic acid groups (broad SMARTS) is 2. The van der Waals surface area contributed by atoms with Crippen LogP contribution in [0.2, 0.25) is 0 Å². The molecule has 5 rings (SSSR count). The van der Waals surface area contributed by atoms with Crippen LogP contribution in [0.1, 0.15) is 216 Å². The number of carboxylic acids is 2. The molecule has 0 aliphatic heterocycles. The van der Waals surface area contributed by atoms with Gasteiger partial charge in [-0.1, -0.05) is 230 Å². The summed E-state index contributed by atoms with van der Waals surface area (Å²) in [4.78, 5) is 33.4. The van der Waals surface area contributed by atoms with Crippen molar-refractivity contribution in [3.8, 4) is 11.5 Å². The van der Waals surface area contributed by atoms with Crippen LogP contribution in [0.25, 0.3) is 0 Å². The minimum absolute atomic E-state index is 0.0919. The zero-order valence-corrected chi connectivity index (χ0v) is 59.1. The van der Waals surface area contributed by atoms with Crippen molar-refractivity contribution < 1.29 is 47.9 Å². The summed E-state index contributed by atoms with van der Waals surface area (Å²) in [5.41, 5.74) is 6.85. The average Bonchev–Trinajstić information content (AvgIpc) is 3.56. The first-order valence-electron chi connectivity index (χ1n) is 30.3. The van der Waals surface area contributed by atoms with Gasteiger partial charge in [0, 0.05) is 13.7 Å². The number of esters is 1. The predicted molar refractivity (Wildman–Crippen MR) is 364 cm³/mol. The number of hydrogen-bond acceptors (Lipinski definition) is 8. The maximum Gasteiger partial charge on any atom is 0.338 e. The molecule has 0 unspecified atom stereocenters. The molecule has 11 heteroatoms. The van der Waals surface area contributed by atoms with Crippen LogP contribution in [-0.4, -0.2) is 74.2 Å². The Morgan fingerprint density at radius 3 is 1.33 bits per heavy atom. The summed E-state index contributed by atoms with van der Waals surface area (Å²) < 4.78 is 33.4. The molecule has 0 saturated heterocycles. The molecule has 2 atom stereocenters. The molecule has 2 N–H and O–H groups in total. The average molecular weight is 1210 g/mol. The van der Waals surface area contributed by atoms with E-state index in [0.717, 1.165) is 60.9 Å². The van der Waals surface area contributed by atoms with E-state index in [4.69, 9.17) is 29.2 Å². The molecule has 0 bridgehead atoms. The maximum atomic E-state index is 13.1. The lowest BCUT2D eigenvalue weighted by Gasteiger charge is -2.27. The standard InChI is InChI=1S/C13H18O2.C12H16O2.2C12H18O.C10H13F.C9H18O2S.C7H16O/c1-5-15-12(14)10-6-8-11(9-7-10)13(2,3)4;1-12(2,3)10(11(13)14)9-7-5-4-6-8-9;1-12(2,3)9-10-5-7-11(13-4)8-6-10;1-5-13-11-8-6-10(7-9-11)12(2,3)4;1-10(2,3)8-6-4-5-7-9(8)11;1-9(2,3)7(8(10)11)5-6-12-4;1-7(2,3)5-6-8-4/h6-9H,5H2,1-4H3;4-8,10H,1-3H3,(H,13,14);5-8H,9H2,1-4H3;6-9H,5H2,1-4H3;4-7H,1-3H3;7H,5-6H2,1-4H3,(H,10,11);5-6H2,1-4H3/t;10-;;;;7-;/m.0...1./s1. The van der Waals surface area contributed by atoms with Crippen LogP contribution in [0.15, 0.2) is 127 Å². The highest BCUT2D eigenvalue weighted by molar-refractivity contribution is 7.98. The lowest BCUT2D eigenvalue weighted by Crippen LogP contribution is -2.28. The van der Waals surface area contributed by atoms with Crippen LogP contribution < -0.4 is 9.47 Å². The molecule has 0 spiro atoms. The van der Waals surface area contributed by atoms with Crippen molar-refractivity contribution in [2.75, 3.05) is 46.0 Å². The number of carbonyl (C=O) groups excluding carboxylic acids is 1. The van der Waals surface area contributed by atoms with Gasteiger partial charge in [0.15, 0.2) is 0 Å². The van der Waals surface area contributed by atoms with Gasteiger partial charge >= 0.3 is 17.9 Å². The monoisotopic (exact) mass is 1210 g/mol. The van der Waals surface area contributed by atoms with Gasteiger partial charge in [-0.2, -0.15) is 11.8 Å². The Kier molecular flexibility index (Phi) is 37.6. The summed E-state index contributed by atoms with van der Waals surface area (Å²) >= 11 is 1.70. The molecule has 5 aromatic rings. The number of rotatable bonds is 14. The minimum Gasteiger partial charge on any atom is -0.497 e. The summed E-state index contributed by atoms with van der Waals surface area (Å²) in [6, 6.07) is 40.5. The quantitative estimate of drug-likeness (QED) is 0.104. The molecule has 9 nitrogen and oxygen atoms in total. The van der Waals surface area contributed by atoms with Crippen molar-refractivity contribution in [2.45, 2.75) is 201 Å². The largest absolute Gasteiger partial charge is 0.497 e. The van der Waals surface area contributed by atoms with E-state index >= 15 is 0 Å². The minimum atomic E-state index is -0.760.